The highest BCUT2D eigenvalue weighted by Gasteiger charge is 2.14. The lowest BCUT2D eigenvalue weighted by atomic mass is 10.1. The van der Waals surface area contributed by atoms with Gasteiger partial charge in [-0.1, -0.05) is 0 Å². The van der Waals surface area contributed by atoms with E-state index in [1.807, 2.05) is 0 Å². The number of amides is 1. The maximum atomic E-state index is 13.4. The van der Waals surface area contributed by atoms with Crippen molar-refractivity contribution in [3.63, 3.8) is 0 Å². The van der Waals surface area contributed by atoms with E-state index in [9.17, 15) is 9.18 Å². The topological polar surface area (TPSA) is 88.9 Å². The van der Waals surface area contributed by atoms with Crippen molar-refractivity contribution in [3.05, 3.63) is 35.3 Å². The van der Waals surface area contributed by atoms with Crippen LogP contribution in [0.3, 0.4) is 0 Å². The van der Waals surface area contributed by atoms with Crippen molar-refractivity contribution in [1.29, 1.82) is 5.26 Å². The van der Waals surface area contributed by atoms with Gasteiger partial charge in [-0.25, -0.2) is 4.39 Å². The summed E-state index contributed by atoms with van der Waals surface area (Å²) in [5, 5.41) is 20.9. The summed E-state index contributed by atoms with van der Waals surface area (Å²) in [7, 11) is 0. The molecule has 0 radical (unpaired) electrons. The Morgan fingerprint density at radius 2 is 2.37 bits per heavy atom. The Bertz CT molecular complexity index is 670. The lowest BCUT2D eigenvalue weighted by Gasteiger charge is -2.05. The van der Waals surface area contributed by atoms with E-state index in [2.05, 4.69) is 10.3 Å². The lowest BCUT2D eigenvalue weighted by molar-refractivity contribution is 0.0920. The molecule has 0 spiro atoms. The second-order valence-corrected chi connectivity index (χ2v) is 4.24. The van der Waals surface area contributed by atoms with Gasteiger partial charge >= 0.3 is 0 Å². The highest BCUT2D eigenvalue weighted by molar-refractivity contribution is 5.99. The molecule has 98 valence electrons. The highest BCUT2D eigenvalue weighted by atomic mass is 19.1. The van der Waals surface area contributed by atoms with E-state index in [0.29, 0.717) is 10.9 Å². The third-order valence-corrected chi connectivity index (χ3v) is 2.67. The molecule has 1 amide bonds. The first-order valence-electron chi connectivity index (χ1n) is 5.70. The zero-order valence-corrected chi connectivity index (χ0v) is 10.2. The predicted molar refractivity (Wildman–Crippen MR) is 67.0 cm³/mol. The van der Waals surface area contributed by atoms with Gasteiger partial charge in [0.25, 0.3) is 5.91 Å². The number of halogens is 1. The number of aliphatic hydroxyl groups is 1. The summed E-state index contributed by atoms with van der Waals surface area (Å²) in [4.78, 5) is 14.6. The summed E-state index contributed by atoms with van der Waals surface area (Å²) in [6, 6.07) is 5.84. The molecule has 2 aromatic rings. The number of hydrogen-bond acceptors (Lipinski definition) is 3. The molecule has 0 aliphatic carbocycles. The number of nitriles is 1. The first-order valence-corrected chi connectivity index (χ1v) is 5.70. The average Bonchev–Trinajstić information content (AvgIpc) is 2.79. The monoisotopic (exact) mass is 261 g/mol. The second-order valence-electron chi connectivity index (χ2n) is 4.24. The Balaban J connectivity index is 2.37. The van der Waals surface area contributed by atoms with Gasteiger partial charge in [-0.15, -0.1) is 0 Å². The van der Waals surface area contributed by atoms with Crippen molar-refractivity contribution in [2.75, 3.05) is 6.54 Å². The number of aromatic amines is 1. The number of aliphatic hydroxyl groups excluding tert-OH is 1. The zero-order chi connectivity index (χ0) is 14.0. The largest absolute Gasteiger partial charge is 0.392 e. The van der Waals surface area contributed by atoms with Crippen LogP contribution in [0.5, 0.6) is 0 Å². The van der Waals surface area contributed by atoms with Crippen LogP contribution in [0.4, 0.5) is 4.39 Å². The van der Waals surface area contributed by atoms with Gasteiger partial charge < -0.3 is 15.4 Å². The SMILES string of the molecule is C[C@@H](O)CNC(=O)c1cc2c(C#N)c(F)ccc2[nH]1. The normalized spacial score (nSPS) is 12.1. The molecular weight excluding hydrogens is 249 g/mol. The van der Waals surface area contributed by atoms with E-state index in [4.69, 9.17) is 10.4 Å². The van der Waals surface area contributed by atoms with Gasteiger partial charge in [0.1, 0.15) is 17.6 Å². The molecule has 1 heterocycles. The summed E-state index contributed by atoms with van der Waals surface area (Å²) < 4.78 is 13.4. The number of rotatable bonds is 3. The number of carbonyl (C=O) groups is 1. The maximum Gasteiger partial charge on any atom is 0.267 e. The van der Waals surface area contributed by atoms with Gasteiger partial charge in [-0.2, -0.15) is 5.26 Å². The molecule has 0 fully saturated rings. The minimum absolute atomic E-state index is 0.0941. The van der Waals surface area contributed by atoms with Gasteiger partial charge in [0.15, 0.2) is 0 Å². The highest BCUT2D eigenvalue weighted by Crippen LogP contribution is 2.22. The standard InChI is InChI=1S/C13H12FN3O2/c1-7(18)6-16-13(19)12-4-8-9(5-15)10(14)2-3-11(8)17-12/h2-4,7,17-18H,6H2,1H3,(H,16,19)/t7-/m1/s1. The lowest BCUT2D eigenvalue weighted by Crippen LogP contribution is -2.30. The van der Waals surface area contributed by atoms with Gasteiger partial charge in [-0.3, -0.25) is 4.79 Å². The number of carbonyl (C=O) groups excluding carboxylic acids is 1. The summed E-state index contributed by atoms with van der Waals surface area (Å²) in [5.41, 5.74) is 0.640. The Morgan fingerprint density at radius 3 is 3.00 bits per heavy atom. The molecule has 0 aliphatic rings. The number of hydrogen-bond donors (Lipinski definition) is 3. The van der Waals surface area contributed by atoms with Crippen LogP contribution in [-0.2, 0) is 0 Å². The molecule has 1 aromatic heterocycles. The molecule has 3 N–H and O–H groups in total. The summed E-state index contributed by atoms with van der Waals surface area (Å²) >= 11 is 0. The maximum absolute atomic E-state index is 13.4. The molecule has 0 saturated carbocycles. The molecule has 19 heavy (non-hydrogen) atoms. The number of aromatic nitrogens is 1. The summed E-state index contributed by atoms with van der Waals surface area (Å²) in [6.07, 6.45) is -0.652. The van der Waals surface area contributed by atoms with Crippen LogP contribution in [0.1, 0.15) is 23.0 Å². The molecule has 0 aliphatic heterocycles. The third-order valence-electron chi connectivity index (χ3n) is 2.67. The third kappa shape index (κ3) is 2.56. The van der Waals surface area contributed by atoms with E-state index in [1.165, 1.54) is 18.2 Å². The predicted octanol–water partition coefficient (Wildman–Crippen LogP) is 1.29. The van der Waals surface area contributed by atoms with Gasteiger partial charge in [0.05, 0.1) is 11.7 Å². The van der Waals surface area contributed by atoms with Crippen LogP contribution in [-0.4, -0.2) is 28.6 Å². The van der Waals surface area contributed by atoms with Crippen LogP contribution in [0.2, 0.25) is 0 Å². The Hall–Kier alpha value is -2.39. The van der Waals surface area contributed by atoms with E-state index < -0.39 is 17.8 Å². The number of fused-ring (bicyclic) bond motifs is 1. The molecular formula is C13H12FN3O2. The van der Waals surface area contributed by atoms with Crippen molar-refractivity contribution >= 4 is 16.8 Å². The van der Waals surface area contributed by atoms with Crippen molar-refractivity contribution in [2.24, 2.45) is 0 Å². The van der Waals surface area contributed by atoms with Crippen molar-refractivity contribution in [2.45, 2.75) is 13.0 Å². The molecule has 0 unspecified atom stereocenters. The fourth-order valence-electron chi connectivity index (χ4n) is 1.75. The fourth-order valence-corrected chi connectivity index (χ4v) is 1.75. The van der Waals surface area contributed by atoms with Crippen molar-refractivity contribution < 1.29 is 14.3 Å². The van der Waals surface area contributed by atoms with Crippen molar-refractivity contribution in [1.82, 2.24) is 10.3 Å². The smallest absolute Gasteiger partial charge is 0.267 e. The van der Waals surface area contributed by atoms with Gasteiger partial charge in [0.2, 0.25) is 0 Å². The van der Waals surface area contributed by atoms with Crippen LogP contribution >= 0.6 is 0 Å². The van der Waals surface area contributed by atoms with Gasteiger partial charge in [-0.05, 0) is 25.1 Å². The minimum Gasteiger partial charge on any atom is -0.392 e. The molecule has 1 atom stereocenters. The zero-order valence-electron chi connectivity index (χ0n) is 10.2. The Morgan fingerprint density at radius 1 is 1.63 bits per heavy atom. The van der Waals surface area contributed by atoms with Gasteiger partial charge in [0, 0.05) is 17.4 Å². The minimum atomic E-state index is -0.652. The van der Waals surface area contributed by atoms with E-state index in [-0.39, 0.29) is 17.8 Å². The summed E-state index contributed by atoms with van der Waals surface area (Å²) in [6.45, 7) is 1.67. The number of nitrogens with one attached hydrogen (secondary N) is 2. The van der Waals surface area contributed by atoms with Crippen LogP contribution < -0.4 is 5.32 Å². The van der Waals surface area contributed by atoms with Crippen LogP contribution in [0.25, 0.3) is 10.9 Å². The molecule has 6 heteroatoms. The van der Waals surface area contributed by atoms with Crippen LogP contribution in [0, 0.1) is 17.1 Å². The first-order chi connectivity index (χ1) is 9.02. The molecule has 2 rings (SSSR count). The molecule has 0 saturated heterocycles. The van der Waals surface area contributed by atoms with E-state index in [1.54, 1.807) is 13.0 Å². The first kappa shape index (κ1) is 13.1. The van der Waals surface area contributed by atoms with Crippen molar-refractivity contribution in [3.8, 4) is 6.07 Å². The van der Waals surface area contributed by atoms with E-state index >= 15 is 0 Å². The Kier molecular flexibility index (Phi) is 3.49. The molecule has 5 nitrogen and oxygen atoms in total. The number of H-pyrrole nitrogens is 1. The molecule has 0 bridgehead atoms. The quantitative estimate of drug-likeness (QED) is 0.777. The number of benzene rings is 1. The number of nitrogens with zero attached hydrogens (tertiary/aromatic N) is 1. The van der Waals surface area contributed by atoms with E-state index in [0.717, 1.165) is 0 Å². The second kappa shape index (κ2) is 5.08. The average molecular weight is 261 g/mol. The van der Waals surface area contributed by atoms with Crippen LogP contribution in [0.15, 0.2) is 18.2 Å². The Labute approximate surface area is 108 Å². The fraction of sp³-hybridized carbons (Fsp3) is 0.231. The molecule has 1 aromatic carbocycles. The summed E-state index contributed by atoms with van der Waals surface area (Å²) in [5.74, 6) is -1.04.